The van der Waals surface area contributed by atoms with Crippen LogP contribution in [0.5, 0.6) is 0 Å². The minimum atomic E-state index is -0.140. The second kappa shape index (κ2) is 8.10. The topological polar surface area (TPSA) is 108 Å². The molecule has 3 N–H and O–H groups in total. The highest BCUT2D eigenvalue weighted by molar-refractivity contribution is 5.92. The average molecular weight is 361 g/mol. The van der Waals surface area contributed by atoms with Crippen LogP contribution >= 0.6 is 12.4 Å². The third kappa shape index (κ3) is 3.98. The number of halogens is 1. The molecule has 1 saturated heterocycles. The maximum absolute atomic E-state index is 11.6. The second-order valence-corrected chi connectivity index (χ2v) is 6.21. The fraction of sp³-hybridized carbons (Fsp3) is 0.412. The SMILES string of the molecule is C[C@H]1C[C@@H](NC(=O)CN)CN(c2ccc(C#N)c3nccnc23)C1.Cl. The van der Waals surface area contributed by atoms with E-state index in [1.807, 2.05) is 6.07 Å². The van der Waals surface area contributed by atoms with Crippen molar-refractivity contribution < 1.29 is 4.79 Å². The Kier molecular flexibility index (Phi) is 6.12. The molecule has 1 aliphatic rings. The van der Waals surface area contributed by atoms with Gasteiger partial charge in [0.25, 0.3) is 0 Å². The van der Waals surface area contributed by atoms with E-state index in [1.54, 1.807) is 18.5 Å². The molecule has 0 spiro atoms. The van der Waals surface area contributed by atoms with Crippen LogP contribution in [0.3, 0.4) is 0 Å². The number of carbonyl (C=O) groups is 1. The molecule has 0 saturated carbocycles. The van der Waals surface area contributed by atoms with Crippen LogP contribution in [0.25, 0.3) is 11.0 Å². The van der Waals surface area contributed by atoms with Gasteiger partial charge in [-0.3, -0.25) is 14.8 Å². The van der Waals surface area contributed by atoms with E-state index in [0.29, 0.717) is 23.5 Å². The van der Waals surface area contributed by atoms with Crippen molar-refractivity contribution in [3.05, 3.63) is 30.1 Å². The van der Waals surface area contributed by atoms with Crippen LogP contribution < -0.4 is 16.0 Å². The molecule has 0 aliphatic carbocycles. The Morgan fingerprint density at radius 1 is 1.36 bits per heavy atom. The van der Waals surface area contributed by atoms with Crippen molar-refractivity contribution in [2.24, 2.45) is 11.7 Å². The minimum Gasteiger partial charge on any atom is -0.367 e. The van der Waals surface area contributed by atoms with Crippen LogP contribution in [0, 0.1) is 17.2 Å². The molecule has 2 heterocycles. The third-order valence-electron chi connectivity index (χ3n) is 4.28. The predicted octanol–water partition coefficient (Wildman–Crippen LogP) is 1.21. The summed E-state index contributed by atoms with van der Waals surface area (Å²) < 4.78 is 0. The van der Waals surface area contributed by atoms with Crippen LogP contribution in [-0.4, -0.2) is 41.6 Å². The number of anilines is 1. The van der Waals surface area contributed by atoms with Crippen molar-refractivity contribution in [2.75, 3.05) is 24.5 Å². The van der Waals surface area contributed by atoms with Crippen LogP contribution in [0.2, 0.25) is 0 Å². The summed E-state index contributed by atoms with van der Waals surface area (Å²) in [4.78, 5) is 22.6. The van der Waals surface area contributed by atoms with Crippen LogP contribution in [-0.2, 0) is 4.79 Å². The first-order valence-corrected chi connectivity index (χ1v) is 8.00. The Morgan fingerprint density at radius 2 is 2.08 bits per heavy atom. The molecular formula is C17H21ClN6O. The minimum absolute atomic E-state index is 0. The third-order valence-corrected chi connectivity index (χ3v) is 4.28. The van der Waals surface area contributed by atoms with Gasteiger partial charge in [-0.05, 0) is 24.5 Å². The van der Waals surface area contributed by atoms with Crippen molar-refractivity contribution in [2.45, 2.75) is 19.4 Å². The quantitative estimate of drug-likeness (QED) is 0.851. The molecule has 1 amide bonds. The van der Waals surface area contributed by atoms with Gasteiger partial charge in [-0.1, -0.05) is 6.92 Å². The number of amides is 1. The van der Waals surface area contributed by atoms with E-state index in [9.17, 15) is 10.1 Å². The van der Waals surface area contributed by atoms with E-state index in [4.69, 9.17) is 5.73 Å². The summed E-state index contributed by atoms with van der Waals surface area (Å²) in [6.07, 6.45) is 4.15. The molecular weight excluding hydrogens is 340 g/mol. The van der Waals surface area contributed by atoms with E-state index in [-0.39, 0.29) is 30.9 Å². The van der Waals surface area contributed by atoms with E-state index >= 15 is 0 Å². The fourth-order valence-electron chi connectivity index (χ4n) is 3.33. The highest BCUT2D eigenvalue weighted by Crippen LogP contribution is 2.29. The van der Waals surface area contributed by atoms with Gasteiger partial charge in [0.2, 0.25) is 5.91 Å². The van der Waals surface area contributed by atoms with E-state index in [1.165, 1.54) is 0 Å². The zero-order valence-corrected chi connectivity index (χ0v) is 14.8. The van der Waals surface area contributed by atoms with Gasteiger partial charge < -0.3 is 16.0 Å². The van der Waals surface area contributed by atoms with E-state index < -0.39 is 0 Å². The Hall–Kier alpha value is -2.43. The Balaban J connectivity index is 0.00000225. The molecule has 0 bridgehead atoms. The summed E-state index contributed by atoms with van der Waals surface area (Å²) >= 11 is 0. The summed E-state index contributed by atoms with van der Waals surface area (Å²) in [6, 6.07) is 5.90. The highest BCUT2D eigenvalue weighted by atomic mass is 35.5. The number of carbonyl (C=O) groups excluding carboxylic acids is 1. The lowest BCUT2D eigenvalue weighted by atomic mass is 9.95. The number of nitrogens with zero attached hydrogens (tertiary/aromatic N) is 4. The van der Waals surface area contributed by atoms with Gasteiger partial charge in [0, 0.05) is 31.5 Å². The van der Waals surface area contributed by atoms with Crippen LogP contribution in [0.4, 0.5) is 5.69 Å². The first-order valence-electron chi connectivity index (χ1n) is 8.00. The van der Waals surface area contributed by atoms with Gasteiger partial charge in [0.05, 0.1) is 17.8 Å². The zero-order chi connectivity index (χ0) is 17.1. The number of nitrogens with one attached hydrogen (secondary N) is 1. The molecule has 8 heteroatoms. The van der Waals surface area contributed by atoms with Gasteiger partial charge >= 0.3 is 0 Å². The molecule has 132 valence electrons. The summed E-state index contributed by atoms with van der Waals surface area (Å²) in [5.74, 6) is 0.280. The molecule has 1 aromatic carbocycles. The summed E-state index contributed by atoms with van der Waals surface area (Å²) in [6.45, 7) is 3.71. The van der Waals surface area contributed by atoms with Crippen LogP contribution in [0.1, 0.15) is 18.9 Å². The summed E-state index contributed by atoms with van der Waals surface area (Å²) in [5.41, 5.74) is 8.18. The highest BCUT2D eigenvalue weighted by Gasteiger charge is 2.27. The van der Waals surface area contributed by atoms with E-state index in [2.05, 4.69) is 33.2 Å². The fourth-order valence-corrected chi connectivity index (χ4v) is 3.33. The first-order chi connectivity index (χ1) is 11.6. The maximum Gasteiger partial charge on any atom is 0.234 e. The molecule has 0 unspecified atom stereocenters. The smallest absolute Gasteiger partial charge is 0.234 e. The second-order valence-electron chi connectivity index (χ2n) is 6.21. The number of hydrogen-bond acceptors (Lipinski definition) is 6. The van der Waals surface area contributed by atoms with Gasteiger partial charge in [0.1, 0.15) is 17.1 Å². The number of nitrogens with two attached hydrogens (primary N) is 1. The Bertz CT molecular complexity index is 805. The number of fused-ring (bicyclic) bond motifs is 1. The van der Waals surface area contributed by atoms with Crippen LogP contribution in [0.15, 0.2) is 24.5 Å². The number of benzene rings is 1. The Labute approximate surface area is 152 Å². The largest absolute Gasteiger partial charge is 0.367 e. The molecule has 3 rings (SSSR count). The molecule has 1 fully saturated rings. The molecule has 2 aromatic rings. The lowest BCUT2D eigenvalue weighted by Gasteiger charge is -2.38. The van der Waals surface area contributed by atoms with Crippen molar-refractivity contribution in [1.29, 1.82) is 5.26 Å². The number of hydrogen-bond donors (Lipinski definition) is 2. The molecule has 25 heavy (non-hydrogen) atoms. The Morgan fingerprint density at radius 3 is 2.76 bits per heavy atom. The predicted molar refractivity (Wildman–Crippen MR) is 98.5 cm³/mol. The number of aromatic nitrogens is 2. The van der Waals surface area contributed by atoms with Crippen molar-refractivity contribution in [3.63, 3.8) is 0 Å². The normalized spacial score (nSPS) is 19.8. The number of rotatable bonds is 3. The molecule has 2 atom stereocenters. The van der Waals surface area contributed by atoms with Gasteiger partial charge in [0.15, 0.2) is 0 Å². The monoisotopic (exact) mass is 360 g/mol. The number of piperidine rings is 1. The van der Waals surface area contributed by atoms with Gasteiger partial charge in [-0.2, -0.15) is 5.26 Å². The molecule has 1 aromatic heterocycles. The summed E-state index contributed by atoms with van der Waals surface area (Å²) in [7, 11) is 0. The molecule has 1 aliphatic heterocycles. The zero-order valence-electron chi connectivity index (χ0n) is 14.0. The number of nitriles is 1. The average Bonchev–Trinajstić information content (AvgIpc) is 2.60. The molecule has 0 radical (unpaired) electrons. The van der Waals surface area contributed by atoms with Gasteiger partial charge in [-0.25, -0.2) is 0 Å². The van der Waals surface area contributed by atoms with Crippen molar-refractivity contribution in [1.82, 2.24) is 15.3 Å². The lowest BCUT2D eigenvalue weighted by molar-refractivity contribution is -0.120. The maximum atomic E-state index is 11.6. The van der Waals surface area contributed by atoms with Crippen molar-refractivity contribution in [3.8, 4) is 6.07 Å². The van der Waals surface area contributed by atoms with Crippen molar-refractivity contribution >= 4 is 35.0 Å². The lowest BCUT2D eigenvalue weighted by Crippen LogP contribution is -2.51. The standard InChI is InChI=1S/C17H20N6O.ClH/c1-11-6-13(22-15(24)8-19)10-23(9-11)14-3-2-12(7-18)16-17(14)21-5-4-20-16;/h2-5,11,13H,6,8-10,19H2,1H3,(H,22,24);1H/t11-,13+;/m0./s1. The van der Waals surface area contributed by atoms with Gasteiger partial charge in [-0.15, -0.1) is 12.4 Å². The first kappa shape index (κ1) is 18.9. The summed E-state index contributed by atoms with van der Waals surface area (Å²) in [5, 5.41) is 12.2. The molecule has 7 nitrogen and oxygen atoms in total. The van der Waals surface area contributed by atoms with E-state index in [0.717, 1.165) is 24.2 Å².